The minimum atomic E-state index is 1.01. The molecule has 1 rings (SSSR count). The molecule has 0 aliphatic heterocycles. The minimum Gasteiger partial charge on any atom is -0.337 e. The fourth-order valence-corrected chi connectivity index (χ4v) is 2.34. The summed E-state index contributed by atoms with van der Waals surface area (Å²) < 4.78 is 2.24. The first kappa shape index (κ1) is 16.2. The van der Waals surface area contributed by atoms with Gasteiger partial charge in [0.2, 0.25) is 0 Å². The van der Waals surface area contributed by atoms with Crippen LogP contribution in [0.25, 0.3) is 0 Å². The molecule has 0 bridgehead atoms. The van der Waals surface area contributed by atoms with Gasteiger partial charge in [-0.25, -0.2) is 4.98 Å². The fraction of sp³-hybridized carbons (Fsp3) is 0.812. The van der Waals surface area contributed by atoms with E-state index in [1.165, 1.54) is 57.1 Å². The van der Waals surface area contributed by atoms with Crippen molar-refractivity contribution in [3.63, 3.8) is 0 Å². The molecule has 0 saturated heterocycles. The van der Waals surface area contributed by atoms with E-state index >= 15 is 0 Å². The number of likely N-dealkylation sites (N-methyl/N-ethyl adjacent to an activating group) is 1. The van der Waals surface area contributed by atoms with E-state index in [4.69, 9.17) is 0 Å². The second-order valence-electron chi connectivity index (χ2n) is 5.43. The molecule has 0 atom stereocenters. The lowest BCUT2D eigenvalue weighted by Crippen LogP contribution is -2.10. The molecule has 1 N–H and O–H groups in total. The number of rotatable bonds is 12. The summed E-state index contributed by atoms with van der Waals surface area (Å²) in [6.07, 6.45) is 16.3. The Kier molecular flexibility index (Phi) is 9.42. The van der Waals surface area contributed by atoms with E-state index in [2.05, 4.69) is 28.0 Å². The van der Waals surface area contributed by atoms with Gasteiger partial charge in [-0.2, -0.15) is 0 Å². The van der Waals surface area contributed by atoms with Crippen molar-refractivity contribution in [1.29, 1.82) is 0 Å². The zero-order valence-corrected chi connectivity index (χ0v) is 12.8. The molecule has 0 unspecified atom stereocenters. The maximum absolute atomic E-state index is 4.43. The van der Waals surface area contributed by atoms with Crippen molar-refractivity contribution < 1.29 is 0 Å². The average molecular weight is 265 g/mol. The minimum absolute atomic E-state index is 1.01. The van der Waals surface area contributed by atoms with E-state index in [1.54, 1.807) is 0 Å². The van der Waals surface area contributed by atoms with E-state index in [1.807, 2.05) is 13.4 Å². The maximum Gasteiger partial charge on any atom is 0.0949 e. The third-order valence-electron chi connectivity index (χ3n) is 3.59. The number of nitrogens with zero attached hydrogens (tertiary/aromatic N) is 2. The van der Waals surface area contributed by atoms with Crippen molar-refractivity contribution in [3.8, 4) is 0 Å². The number of nitrogens with one attached hydrogen (secondary N) is 1. The summed E-state index contributed by atoms with van der Waals surface area (Å²) in [5, 5.41) is 3.16. The lowest BCUT2D eigenvalue weighted by atomic mass is 10.1. The van der Waals surface area contributed by atoms with Gasteiger partial charge < -0.3 is 9.88 Å². The van der Waals surface area contributed by atoms with Gasteiger partial charge in [-0.3, -0.25) is 0 Å². The Labute approximate surface area is 118 Å². The molecule has 0 amide bonds. The first-order chi connectivity index (χ1) is 9.36. The van der Waals surface area contributed by atoms with Gasteiger partial charge in [0, 0.05) is 25.7 Å². The van der Waals surface area contributed by atoms with Gasteiger partial charge in [0.15, 0.2) is 0 Å². The number of hydrogen-bond donors (Lipinski definition) is 1. The van der Waals surface area contributed by atoms with E-state index in [-0.39, 0.29) is 0 Å². The lowest BCUT2D eigenvalue weighted by molar-refractivity contribution is 0.543. The van der Waals surface area contributed by atoms with Crippen LogP contribution in [0.2, 0.25) is 0 Å². The van der Waals surface area contributed by atoms with Crippen molar-refractivity contribution in [2.45, 2.75) is 71.3 Å². The molecule has 0 radical (unpaired) electrons. The Morgan fingerprint density at radius 3 is 2.42 bits per heavy atom. The topological polar surface area (TPSA) is 29.9 Å². The summed E-state index contributed by atoms with van der Waals surface area (Å²) in [6.45, 7) is 4.41. The summed E-state index contributed by atoms with van der Waals surface area (Å²) in [5.41, 5.74) is 1.20. The normalized spacial score (nSPS) is 11.1. The highest BCUT2D eigenvalue weighted by atomic mass is 15.0. The summed E-state index contributed by atoms with van der Waals surface area (Å²) in [5.74, 6) is 0. The van der Waals surface area contributed by atoms with Crippen LogP contribution in [0.15, 0.2) is 12.5 Å². The van der Waals surface area contributed by atoms with Gasteiger partial charge in [-0.05, 0) is 13.5 Å². The predicted octanol–water partition coefficient (Wildman–Crippen LogP) is 3.79. The lowest BCUT2D eigenvalue weighted by Gasteiger charge is -2.03. The molecular formula is C16H31N3. The number of unbranched alkanes of at least 4 members (excludes halogenated alkanes) is 7. The summed E-state index contributed by atoms with van der Waals surface area (Å²) in [4.78, 5) is 4.43. The molecule has 0 aliphatic carbocycles. The Hall–Kier alpha value is -0.830. The molecule has 1 heterocycles. The summed E-state index contributed by atoms with van der Waals surface area (Å²) in [7, 11) is 1.98. The molecule has 1 aromatic heterocycles. The van der Waals surface area contributed by atoms with E-state index in [0.29, 0.717) is 0 Å². The second-order valence-corrected chi connectivity index (χ2v) is 5.43. The van der Waals surface area contributed by atoms with Gasteiger partial charge in [0.25, 0.3) is 0 Å². The third kappa shape index (κ3) is 8.04. The monoisotopic (exact) mass is 265 g/mol. The van der Waals surface area contributed by atoms with Crippen LogP contribution in [0.3, 0.4) is 0 Å². The zero-order valence-electron chi connectivity index (χ0n) is 12.8. The van der Waals surface area contributed by atoms with Crippen LogP contribution >= 0.6 is 0 Å². The summed E-state index contributed by atoms with van der Waals surface area (Å²) >= 11 is 0. The van der Waals surface area contributed by atoms with E-state index < -0.39 is 0 Å². The second kappa shape index (κ2) is 11.0. The fourth-order valence-electron chi connectivity index (χ4n) is 2.34. The quantitative estimate of drug-likeness (QED) is 0.583. The van der Waals surface area contributed by atoms with Crippen LogP contribution in [0.4, 0.5) is 0 Å². The highest BCUT2D eigenvalue weighted by Crippen LogP contribution is 2.09. The predicted molar refractivity (Wildman–Crippen MR) is 82.5 cm³/mol. The molecular weight excluding hydrogens is 234 g/mol. The highest BCUT2D eigenvalue weighted by molar-refractivity contribution is 4.97. The molecule has 1 aromatic rings. The molecule has 0 aliphatic rings. The van der Waals surface area contributed by atoms with Crippen LogP contribution < -0.4 is 5.32 Å². The standard InChI is InChI=1S/C16H31N3/c1-3-4-5-6-7-8-9-10-13-19-14-16(18-15-19)11-12-17-2/h14-15,17H,3-13H2,1-2H3. The van der Waals surface area contributed by atoms with Crippen molar-refractivity contribution in [2.24, 2.45) is 0 Å². The van der Waals surface area contributed by atoms with E-state index in [9.17, 15) is 0 Å². The first-order valence-electron chi connectivity index (χ1n) is 8.02. The van der Waals surface area contributed by atoms with Crippen LogP contribution in [-0.2, 0) is 13.0 Å². The van der Waals surface area contributed by atoms with Gasteiger partial charge in [-0.1, -0.05) is 51.9 Å². The maximum atomic E-state index is 4.43. The third-order valence-corrected chi connectivity index (χ3v) is 3.59. The van der Waals surface area contributed by atoms with Crippen molar-refractivity contribution >= 4 is 0 Å². The molecule has 3 nitrogen and oxygen atoms in total. The molecule has 110 valence electrons. The van der Waals surface area contributed by atoms with Crippen molar-refractivity contribution in [2.75, 3.05) is 13.6 Å². The zero-order chi connectivity index (χ0) is 13.8. The van der Waals surface area contributed by atoms with Gasteiger partial charge in [0.05, 0.1) is 12.0 Å². The Balaban J connectivity index is 1.98. The molecule has 0 spiro atoms. The van der Waals surface area contributed by atoms with Gasteiger partial charge in [-0.15, -0.1) is 0 Å². The van der Waals surface area contributed by atoms with Crippen molar-refractivity contribution in [3.05, 3.63) is 18.2 Å². The average Bonchev–Trinajstić information content (AvgIpc) is 2.87. The number of imidazole rings is 1. The largest absolute Gasteiger partial charge is 0.337 e. The molecule has 19 heavy (non-hydrogen) atoms. The number of hydrogen-bond acceptors (Lipinski definition) is 2. The SMILES string of the molecule is CCCCCCCCCCn1cnc(CCNC)c1. The van der Waals surface area contributed by atoms with Gasteiger partial charge in [0.1, 0.15) is 0 Å². The van der Waals surface area contributed by atoms with Crippen LogP contribution in [-0.4, -0.2) is 23.1 Å². The van der Waals surface area contributed by atoms with Crippen LogP contribution in [0.5, 0.6) is 0 Å². The smallest absolute Gasteiger partial charge is 0.0949 e. The van der Waals surface area contributed by atoms with Crippen LogP contribution in [0.1, 0.15) is 64.0 Å². The van der Waals surface area contributed by atoms with Gasteiger partial charge >= 0.3 is 0 Å². The van der Waals surface area contributed by atoms with Crippen molar-refractivity contribution in [1.82, 2.24) is 14.9 Å². The number of aromatic nitrogens is 2. The molecule has 0 saturated carbocycles. The van der Waals surface area contributed by atoms with Crippen LogP contribution in [0, 0.1) is 0 Å². The number of aryl methyl sites for hydroxylation is 1. The van der Waals surface area contributed by atoms with E-state index in [0.717, 1.165) is 19.5 Å². The first-order valence-corrected chi connectivity index (χ1v) is 8.02. The molecule has 3 heteroatoms. The Morgan fingerprint density at radius 2 is 1.74 bits per heavy atom. The molecule has 0 fully saturated rings. The Morgan fingerprint density at radius 1 is 1.05 bits per heavy atom. The highest BCUT2D eigenvalue weighted by Gasteiger charge is 1.98. The Bertz CT molecular complexity index is 307. The summed E-state index contributed by atoms with van der Waals surface area (Å²) in [6, 6.07) is 0. The molecule has 0 aromatic carbocycles.